The molecule has 0 radical (unpaired) electrons. The number of unbranched alkanes of at least 4 members (excludes halogenated alkanes) is 1. The van der Waals surface area contributed by atoms with E-state index in [0.29, 0.717) is 19.7 Å². The average Bonchev–Trinajstić information content (AvgIpc) is 2.78. The molecule has 0 N–H and O–H groups in total. The Morgan fingerprint density at radius 2 is 2.04 bits per heavy atom. The standard InChI is InChI=1S/C19H24N2O2/c1-3-4-13-23-19(22)21-11-9-16-14(2)15-7-5-6-8-17(15)20-18(16)10-12-21/h5-8H,3-4,9-13H2,1-2H3. The number of amides is 1. The Hall–Kier alpha value is -2.10. The summed E-state index contributed by atoms with van der Waals surface area (Å²) >= 11 is 0. The fourth-order valence-electron chi connectivity index (χ4n) is 3.20. The largest absolute Gasteiger partial charge is 0.449 e. The smallest absolute Gasteiger partial charge is 0.409 e. The number of para-hydroxylation sites is 1. The van der Waals surface area contributed by atoms with E-state index in [9.17, 15) is 4.79 Å². The van der Waals surface area contributed by atoms with Crippen LogP contribution in [-0.2, 0) is 17.6 Å². The zero-order chi connectivity index (χ0) is 16.2. The predicted molar refractivity (Wildman–Crippen MR) is 91.7 cm³/mol. The number of rotatable bonds is 3. The minimum atomic E-state index is -0.187. The summed E-state index contributed by atoms with van der Waals surface area (Å²) in [6.07, 6.45) is 3.42. The minimum absolute atomic E-state index is 0.187. The predicted octanol–water partition coefficient (Wildman–Crippen LogP) is 3.88. The highest BCUT2D eigenvalue weighted by Crippen LogP contribution is 2.25. The fourth-order valence-corrected chi connectivity index (χ4v) is 3.20. The third kappa shape index (κ3) is 3.31. The van der Waals surface area contributed by atoms with Gasteiger partial charge in [-0.1, -0.05) is 31.5 Å². The molecule has 4 heteroatoms. The lowest BCUT2D eigenvalue weighted by atomic mass is 9.99. The molecule has 1 aliphatic heterocycles. The van der Waals surface area contributed by atoms with Crippen molar-refractivity contribution in [1.29, 1.82) is 0 Å². The maximum atomic E-state index is 12.2. The summed E-state index contributed by atoms with van der Waals surface area (Å²) in [6.45, 7) is 6.16. The van der Waals surface area contributed by atoms with Crippen molar-refractivity contribution in [2.24, 2.45) is 0 Å². The Labute approximate surface area is 137 Å². The summed E-state index contributed by atoms with van der Waals surface area (Å²) in [5.74, 6) is 0. The van der Waals surface area contributed by atoms with Crippen molar-refractivity contribution in [1.82, 2.24) is 9.88 Å². The van der Waals surface area contributed by atoms with Gasteiger partial charge in [-0.3, -0.25) is 4.98 Å². The van der Waals surface area contributed by atoms with E-state index in [-0.39, 0.29) is 6.09 Å². The van der Waals surface area contributed by atoms with E-state index in [1.165, 1.54) is 16.5 Å². The number of carbonyl (C=O) groups excluding carboxylic acids is 1. The number of benzene rings is 1. The van der Waals surface area contributed by atoms with E-state index >= 15 is 0 Å². The van der Waals surface area contributed by atoms with Gasteiger partial charge in [0.2, 0.25) is 0 Å². The van der Waals surface area contributed by atoms with Crippen LogP contribution in [0.2, 0.25) is 0 Å². The Balaban J connectivity index is 1.79. The molecule has 0 atom stereocenters. The first kappa shape index (κ1) is 15.8. The summed E-state index contributed by atoms with van der Waals surface area (Å²) in [4.78, 5) is 18.8. The SMILES string of the molecule is CCCCOC(=O)N1CCc2nc3ccccc3c(C)c2CC1. The van der Waals surface area contributed by atoms with Crippen molar-refractivity contribution in [2.45, 2.75) is 39.5 Å². The van der Waals surface area contributed by atoms with Crippen LogP contribution in [0.1, 0.15) is 36.6 Å². The van der Waals surface area contributed by atoms with Crippen molar-refractivity contribution >= 4 is 17.0 Å². The highest BCUT2D eigenvalue weighted by molar-refractivity contribution is 5.83. The van der Waals surface area contributed by atoms with Crippen molar-refractivity contribution in [3.05, 3.63) is 41.1 Å². The highest BCUT2D eigenvalue weighted by Gasteiger charge is 2.22. The summed E-state index contributed by atoms with van der Waals surface area (Å²) in [5, 5.41) is 1.21. The van der Waals surface area contributed by atoms with Gasteiger partial charge in [-0.25, -0.2) is 4.79 Å². The summed E-state index contributed by atoms with van der Waals surface area (Å²) < 4.78 is 5.35. The third-order valence-corrected chi connectivity index (χ3v) is 4.60. The van der Waals surface area contributed by atoms with Gasteiger partial charge in [0, 0.05) is 30.6 Å². The van der Waals surface area contributed by atoms with Crippen molar-refractivity contribution in [3.8, 4) is 0 Å². The molecule has 0 fully saturated rings. The number of ether oxygens (including phenoxy) is 1. The summed E-state index contributed by atoms with van der Waals surface area (Å²) in [7, 11) is 0. The Morgan fingerprint density at radius 1 is 1.26 bits per heavy atom. The van der Waals surface area contributed by atoms with E-state index in [1.54, 1.807) is 0 Å². The molecule has 0 unspecified atom stereocenters. The first-order valence-corrected chi connectivity index (χ1v) is 8.49. The molecule has 0 saturated carbocycles. The quantitative estimate of drug-likeness (QED) is 0.808. The zero-order valence-electron chi connectivity index (χ0n) is 14.0. The lowest BCUT2D eigenvalue weighted by Crippen LogP contribution is -2.34. The summed E-state index contributed by atoms with van der Waals surface area (Å²) in [5.41, 5.74) is 4.77. The van der Waals surface area contributed by atoms with Gasteiger partial charge in [-0.2, -0.15) is 0 Å². The van der Waals surface area contributed by atoms with Crippen LogP contribution >= 0.6 is 0 Å². The molecule has 0 saturated heterocycles. The van der Waals surface area contributed by atoms with Crippen LogP contribution in [-0.4, -0.2) is 35.7 Å². The van der Waals surface area contributed by atoms with Crippen molar-refractivity contribution in [3.63, 3.8) is 0 Å². The molecule has 1 amide bonds. The van der Waals surface area contributed by atoms with Gasteiger partial charge in [-0.05, 0) is 37.0 Å². The van der Waals surface area contributed by atoms with E-state index in [4.69, 9.17) is 9.72 Å². The first-order valence-electron chi connectivity index (χ1n) is 8.49. The molecule has 0 spiro atoms. The molecular formula is C19H24N2O2. The van der Waals surface area contributed by atoms with Gasteiger partial charge in [0.15, 0.2) is 0 Å². The molecule has 3 rings (SSSR count). The van der Waals surface area contributed by atoms with Gasteiger partial charge >= 0.3 is 6.09 Å². The maximum absolute atomic E-state index is 12.2. The van der Waals surface area contributed by atoms with Gasteiger partial charge in [0.05, 0.1) is 12.1 Å². The molecular weight excluding hydrogens is 288 g/mol. The number of pyridine rings is 1. The molecule has 1 aliphatic rings. The Bertz CT molecular complexity index is 712. The van der Waals surface area contributed by atoms with E-state index in [1.807, 2.05) is 11.0 Å². The first-order chi connectivity index (χ1) is 11.2. The zero-order valence-corrected chi connectivity index (χ0v) is 14.0. The minimum Gasteiger partial charge on any atom is -0.449 e. The molecule has 0 aliphatic carbocycles. The van der Waals surface area contributed by atoms with Gasteiger partial charge in [-0.15, -0.1) is 0 Å². The van der Waals surface area contributed by atoms with E-state index in [0.717, 1.165) is 36.9 Å². The lowest BCUT2D eigenvalue weighted by molar-refractivity contribution is 0.103. The van der Waals surface area contributed by atoms with Crippen LogP contribution in [0.3, 0.4) is 0 Å². The maximum Gasteiger partial charge on any atom is 0.409 e. The van der Waals surface area contributed by atoms with Crippen LogP contribution in [0.25, 0.3) is 10.9 Å². The van der Waals surface area contributed by atoms with E-state index < -0.39 is 0 Å². The molecule has 2 aromatic rings. The van der Waals surface area contributed by atoms with Gasteiger partial charge in [0.25, 0.3) is 0 Å². The number of hydrogen-bond acceptors (Lipinski definition) is 3. The number of aryl methyl sites for hydroxylation is 1. The second kappa shape index (κ2) is 6.99. The van der Waals surface area contributed by atoms with Crippen LogP contribution < -0.4 is 0 Å². The number of aromatic nitrogens is 1. The van der Waals surface area contributed by atoms with Crippen molar-refractivity contribution in [2.75, 3.05) is 19.7 Å². The second-order valence-electron chi connectivity index (χ2n) is 6.13. The molecule has 23 heavy (non-hydrogen) atoms. The number of hydrogen-bond donors (Lipinski definition) is 0. The normalized spacial score (nSPS) is 14.4. The highest BCUT2D eigenvalue weighted by atomic mass is 16.6. The Morgan fingerprint density at radius 3 is 2.87 bits per heavy atom. The van der Waals surface area contributed by atoms with E-state index in [2.05, 4.69) is 32.0 Å². The number of nitrogens with zero attached hydrogens (tertiary/aromatic N) is 2. The topological polar surface area (TPSA) is 42.4 Å². The van der Waals surface area contributed by atoms with Gasteiger partial charge in [0.1, 0.15) is 0 Å². The molecule has 1 aromatic carbocycles. The van der Waals surface area contributed by atoms with Crippen LogP contribution in [0.5, 0.6) is 0 Å². The monoisotopic (exact) mass is 312 g/mol. The summed E-state index contributed by atoms with van der Waals surface area (Å²) in [6, 6.07) is 8.26. The lowest BCUT2D eigenvalue weighted by Gasteiger charge is -2.19. The Kier molecular flexibility index (Phi) is 4.79. The third-order valence-electron chi connectivity index (χ3n) is 4.60. The molecule has 122 valence electrons. The molecule has 2 heterocycles. The fraction of sp³-hybridized carbons (Fsp3) is 0.474. The number of carbonyl (C=O) groups is 1. The van der Waals surface area contributed by atoms with Gasteiger partial charge < -0.3 is 9.64 Å². The average molecular weight is 312 g/mol. The molecule has 4 nitrogen and oxygen atoms in total. The van der Waals surface area contributed by atoms with Crippen LogP contribution in [0.4, 0.5) is 4.79 Å². The second-order valence-corrected chi connectivity index (χ2v) is 6.13. The van der Waals surface area contributed by atoms with Crippen LogP contribution in [0.15, 0.2) is 24.3 Å². The number of fused-ring (bicyclic) bond motifs is 2. The van der Waals surface area contributed by atoms with Crippen LogP contribution in [0, 0.1) is 6.92 Å². The van der Waals surface area contributed by atoms with Crippen molar-refractivity contribution < 1.29 is 9.53 Å². The molecule has 0 bridgehead atoms. The molecule has 1 aromatic heterocycles.